The molecule has 0 radical (unpaired) electrons. The maximum absolute atomic E-state index is 13.3. The SMILES string of the molecule is CNc1nccc(CNc2ccccc2C(=O)Nc2ccc3c(c2)CN(C(=O)OC(C)(C)C)CC3(C)C)n1. The highest BCUT2D eigenvalue weighted by atomic mass is 16.6. The van der Waals surface area contributed by atoms with Gasteiger partial charge < -0.3 is 25.6 Å². The Balaban J connectivity index is 1.50. The fraction of sp³-hybridized carbons (Fsp3) is 0.379. The standard InChI is InChI=1S/C29H36N6O3/c1-28(2,3)38-27(37)35-17-19-15-20(11-12-23(19)29(4,5)18-35)33-25(36)22-9-7-8-10-24(22)32-16-21-13-14-31-26(30-6)34-21/h7-15,32H,16-18H2,1-6H3,(H,33,36)(H,30,31,34). The van der Waals surface area contributed by atoms with Gasteiger partial charge in [-0.1, -0.05) is 32.0 Å². The van der Waals surface area contributed by atoms with E-state index in [0.717, 1.165) is 16.8 Å². The number of benzene rings is 2. The first kappa shape index (κ1) is 26.9. The first-order valence-corrected chi connectivity index (χ1v) is 12.7. The number of rotatable bonds is 6. The molecule has 0 saturated heterocycles. The summed E-state index contributed by atoms with van der Waals surface area (Å²) in [5.74, 6) is 0.307. The van der Waals surface area contributed by atoms with Crippen molar-refractivity contribution in [2.75, 3.05) is 29.5 Å². The van der Waals surface area contributed by atoms with Crippen LogP contribution in [-0.2, 0) is 23.2 Å². The molecule has 4 rings (SSSR count). The Hall–Kier alpha value is -4.14. The molecule has 2 heterocycles. The van der Waals surface area contributed by atoms with Crippen molar-refractivity contribution in [1.29, 1.82) is 0 Å². The summed E-state index contributed by atoms with van der Waals surface area (Å²) in [4.78, 5) is 36.4. The lowest BCUT2D eigenvalue weighted by Gasteiger charge is -2.40. The van der Waals surface area contributed by atoms with Gasteiger partial charge in [0.05, 0.1) is 17.8 Å². The summed E-state index contributed by atoms with van der Waals surface area (Å²) in [6.07, 6.45) is 1.35. The topological polar surface area (TPSA) is 108 Å². The number of para-hydroxylation sites is 1. The predicted molar refractivity (Wildman–Crippen MR) is 149 cm³/mol. The van der Waals surface area contributed by atoms with Crippen molar-refractivity contribution in [2.24, 2.45) is 0 Å². The zero-order valence-electron chi connectivity index (χ0n) is 22.9. The van der Waals surface area contributed by atoms with Crippen molar-refractivity contribution < 1.29 is 14.3 Å². The van der Waals surface area contributed by atoms with Crippen LogP contribution in [0, 0.1) is 0 Å². The summed E-state index contributed by atoms with van der Waals surface area (Å²) >= 11 is 0. The molecule has 200 valence electrons. The minimum absolute atomic E-state index is 0.231. The minimum atomic E-state index is -0.568. The summed E-state index contributed by atoms with van der Waals surface area (Å²) in [7, 11) is 1.77. The molecule has 2 amide bonds. The number of amides is 2. The molecular formula is C29H36N6O3. The van der Waals surface area contributed by atoms with E-state index in [2.05, 4.69) is 39.8 Å². The Kier molecular flexibility index (Phi) is 7.57. The van der Waals surface area contributed by atoms with E-state index in [-0.39, 0.29) is 17.4 Å². The summed E-state index contributed by atoms with van der Waals surface area (Å²) in [6.45, 7) is 11.2. The van der Waals surface area contributed by atoms with Crippen LogP contribution in [0.1, 0.15) is 61.8 Å². The van der Waals surface area contributed by atoms with E-state index in [9.17, 15) is 9.59 Å². The van der Waals surface area contributed by atoms with E-state index >= 15 is 0 Å². The molecule has 2 aromatic carbocycles. The minimum Gasteiger partial charge on any atom is -0.444 e. The van der Waals surface area contributed by atoms with Crippen LogP contribution < -0.4 is 16.0 Å². The van der Waals surface area contributed by atoms with E-state index in [1.807, 2.05) is 63.2 Å². The monoisotopic (exact) mass is 516 g/mol. The predicted octanol–water partition coefficient (Wildman–Crippen LogP) is 5.41. The summed E-state index contributed by atoms with van der Waals surface area (Å²) < 4.78 is 5.62. The largest absolute Gasteiger partial charge is 0.444 e. The normalized spacial score (nSPS) is 14.3. The van der Waals surface area contributed by atoms with Gasteiger partial charge >= 0.3 is 6.09 Å². The van der Waals surface area contributed by atoms with Crippen LogP contribution in [0.15, 0.2) is 54.7 Å². The van der Waals surface area contributed by atoms with Crippen LogP contribution in [0.25, 0.3) is 0 Å². The fourth-order valence-electron chi connectivity index (χ4n) is 4.58. The lowest BCUT2D eigenvalue weighted by Crippen LogP contribution is -2.46. The maximum atomic E-state index is 13.3. The average molecular weight is 517 g/mol. The molecule has 3 aromatic rings. The van der Waals surface area contributed by atoms with Crippen molar-refractivity contribution in [3.63, 3.8) is 0 Å². The second-order valence-corrected chi connectivity index (χ2v) is 11.1. The lowest BCUT2D eigenvalue weighted by atomic mass is 9.78. The molecule has 0 unspecified atom stereocenters. The molecule has 9 heteroatoms. The Bertz CT molecular complexity index is 1330. The van der Waals surface area contributed by atoms with Gasteiger partial charge in [-0.2, -0.15) is 0 Å². The van der Waals surface area contributed by atoms with Gasteiger partial charge in [-0.25, -0.2) is 14.8 Å². The van der Waals surface area contributed by atoms with Crippen LogP contribution in [0.2, 0.25) is 0 Å². The number of carbonyl (C=O) groups excluding carboxylic acids is 2. The highest BCUT2D eigenvalue weighted by molar-refractivity contribution is 6.08. The number of aromatic nitrogens is 2. The molecule has 0 aliphatic carbocycles. The van der Waals surface area contributed by atoms with E-state index in [0.29, 0.717) is 42.5 Å². The average Bonchev–Trinajstić information content (AvgIpc) is 2.86. The molecule has 0 bridgehead atoms. The van der Waals surface area contributed by atoms with Gasteiger partial charge in [0.2, 0.25) is 5.95 Å². The second-order valence-electron chi connectivity index (χ2n) is 11.1. The van der Waals surface area contributed by atoms with Crippen molar-refractivity contribution in [3.05, 3.63) is 77.1 Å². The van der Waals surface area contributed by atoms with Crippen LogP contribution >= 0.6 is 0 Å². The number of ether oxygens (including phenoxy) is 1. The Morgan fingerprint density at radius 2 is 1.87 bits per heavy atom. The maximum Gasteiger partial charge on any atom is 0.410 e. The molecule has 1 aromatic heterocycles. The van der Waals surface area contributed by atoms with Crippen LogP contribution in [0.3, 0.4) is 0 Å². The molecule has 1 aliphatic heterocycles. The van der Waals surface area contributed by atoms with Gasteiger partial charge in [0.15, 0.2) is 0 Å². The number of nitrogens with zero attached hydrogens (tertiary/aromatic N) is 3. The Morgan fingerprint density at radius 3 is 2.61 bits per heavy atom. The van der Waals surface area contributed by atoms with E-state index in [1.165, 1.54) is 0 Å². The molecule has 0 spiro atoms. The van der Waals surface area contributed by atoms with Gasteiger partial charge in [0, 0.05) is 43.1 Å². The van der Waals surface area contributed by atoms with Gasteiger partial charge in [0.25, 0.3) is 5.91 Å². The number of hydrogen-bond donors (Lipinski definition) is 3. The van der Waals surface area contributed by atoms with Crippen molar-refractivity contribution >= 4 is 29.3 Å². The van der Waals surface area contributed by atoms with Gasteiger partial charge in [-0.3, -0.25) is 4.79 Å². The first-order chi connectivity index (χ1) is 17.9. The molecule has 1 aliphatic rings. The van der Waals surface area contributed by atoms with Crippen molar-refractivity contribution in [2.45, 2.75) is 58.7 Å². The Labute approximate surface area is 224 Å². The highest BCUT2D eigenvalue weighted by Gasteiger charge is 2.35. The molecular weight excluding hydrogens is 480 g/mol. The molecule has 0 atom stereocenters. The summed E-state index contributed by atoms with van der Waals surface area (Å²) in [5, 5.41) is 9.26. The number of carbonyl (C=O) groups is 2. The number of hydrogen-bond acceptors (Lipinski definition) is 7. The van der Waals surface area contributed by atoms with E-state index in [1.54, 1.807) is 24.2 Å². The number of anilines is 3. The van der Waals surface area contributed by atoms with Gasteiger partial charge in [-0.05, 0) is 62.2 Å². The van der Waals surface area contributed by atoms with E-state index in [4.69, 9.17) is 4.74 Å². The number of nitrogens with one attached hydrogen (secondary N) is 3. The third-order valence-corrected chi connectivity index (χ3v) is 6.26. The summed E-state index contributed by atoms with van der Waals surface area (Å²) in [5.41, 5.74) is 4.00. The molecule has 9 nitrogen and oxygen atoms in total. The van der Waals surface area contributed by atoms with Crippen molar-refractivity contribution in [3.8, 4) is 0 Å². The zero-order chi connectivity index (χ0) is 27.5. The smallest absolute Gasteiger partial charge is 0.410 e. The molecule has 0 saturated carbocycles. The third-order valence-electron chi connectivity index (χ3n) is 6.26. The van der Waals surface area contributed by atoms with Crippen molar-refractivity contribution in [1.82, 2.24) is 14.9 Å². The number of fused-ring (bicyclic) bond motifs is 1. The third kappa shape index (κ3) is 6.40. The second kappa shape index (κ2) is 10.7. The van der Waals surface area contributed by atoms with Gasteiger partial charge in [0.1, 0.15) is 5.60 Å². The lowest BCUT2D eigenvalue weighted by molar-refractivity contribution is 0.0174. The molecule has 3 N–H and O–H groups in total. The molecule has 38 heavy (non-hydrogen) atoms. The first-order valence-electron chi connectivity index (χ1n) is 12.7. The zero-order valence-corrected chi connectivity index (χ0v) is 22.9. The van der Waals surface area contributed by atoms with Crippen LogP contribution in [-0.4, -0.2) is 46.1 Å². The van der Waals surface area contributed by atoms with Crippen LogP contribution in [0.5, 0.6) is 0 Å². The summed E-state index contributed by atoms with van der Waals surface area (Å²) in [6, 6.07) is 15.1. The van der Waals surface area contributed by atoms with E-state index < -0.39 is 5.60 Å². The van der Waals surface area contributed by atoms with Gasteiger partial charge in [-0.15, -0.1) is 0 Å². The quantitative estimate of drug-likeness (QED) is 0.402. The fourth-order valence-corrected chi connectivity index (χ4v) is 4.58. The Morgan fingerprint density at radius 1 is 1.11 bits per heavy atom. The molecule has 0 fully saturated rings. The van der Waals surface area contributed by atoms with Crippen LogP contribution in [0.4, 0.5) is 22.1 Å². The highest BCUT2D eigenvalue weighted by Crippen LogP contribution is 2.35.